The van der Waals surface area contributed by atoms with E-state index in [1.807, 2.05) is 6.92 Å². The predicted octanol–water partition coefficient (Wildman–Crippen LogP) is 2.64. The highest BCUT2D eigenvalue weighted by Crippen LogP contribution is 2.17. The summed E-state index contributed by atoms with van der Waals surface area (Å²) in [6.07, 6.45) is 3.67. The van der Waals surface area contributed by atoms with Gasteiger partial charge in [0.25, 0.3) is 0 Å². The van der Waals surface area contributed by atoms with E-state index in [2.05, 4.69) is 4.90 Å². The lowest BCUT2D eigenvalue weighted by molar-refractivity contribution is 0.0696. The first kappa shape index (κ1) is 13.9. The van der Waals surface area contributed by atoms with Crippen molar-refractivity contribution in [2.75, 3.05) is 19.6 Å². The normalized spacial score (nSPS) is 17.3. The summed E-state index contributed by atoms with van der Waals surface area (Å²) in [7, 11) is 0. The third kappa shape index (κ3) is 4.24. The van der Waals surface area contributed by atoms with Gasteiger partial charge in [-0.1, -0.05) is 6.07 Å². The molecule has 0 spiro atoms. The van der Waals surface area contributed by atoms with E-state index in [1.165, 1.54) is 25.9 Å². The molecule has 0 aromatic heterocycles. The van der Waals surface area contributed by atoms with E-state index < -0.39 is 5.97 Å². The Morgan fingerprint density at radius 2 is 2.16 bits per heavy atom. The van der Waals surface area contributed by atoms with E-state index >= 15 is 0 Å². The smallest absolute Gasteiger partial charge is 0.335 e. The van der Waals surface area contributed by atoms with Gasteiger partial charge >= 0.3 is 5.97 Å². The second-order valence-electron chi connectivity index (χ2n) is 5.10. The highest BCUT2D eigenvalue weighted by Gasteiger charge is 2.13. The molecule has 1 saturated heterocycles. The van der Waals surface area contributed by atoms with E-state index in [9.17, 15) is 4.79 Å². The Morgan fingerprint density at radius 1 is 1.42 bits per heavy atom. The average molecular weight is 263 g/mol. The second kappa shape index (κ2) is 6.57. The van der Waals surface area contributed by atoms with Crippen molar-refractivity contribution in [1.29, 1.82) is 0 Å². The Balaban J connectivity index is 1.82. The largest absolute Gasteiger partial charge is 0.491 e. The second-order valence-corrected chi connectivity index (χ2v) is 5.10. The molecule has 4 heteroatoms. The molecule has 1 heterocycles. The van der Waals surface area contributed by atoms with Crippen LogP contribution in [-0.4, -0.2) is 41.7 Å². The van der Waals surface area contributed by atoms with Crippen molar-refractivity contribution in [2.45, 2.75) is 32.3 Å². The maximum atomic E-state index is 10.9. The molecule has 4 nitrogen and oxygen atoms in total. The molecule has 1 N–H and O–H groups in total. The maximum absolute atomic E-state index is 10.9. The van der Waals surface area contributed by atoms with E-state index in [0.717, 1.165) is 13.0 Å². The topological polar surface area (TPSA) is 49.8 Å². The number of rotatable bonds is 6. The minimum absolute atomic E-state index is 0.102. The molecule has 2 rings (SSSR count). The number of hydrogen-bond acceptors (Lipinski definition) is 3. The van der Waals surface area contributed by atoms with E-state index in [-0.39, 0.29) is 11.7 Å². The molecule has 104 valence electrons. The highest BCUT2D eigenvalue weighted by molar-refractivity contribution is 5.87. The van der Waals surface area contributed by atoms with Crippen LogP contribution in [0.2, 0.25) is 0 Å². The molecule has 0 aliphatic carbocycles. The number of carboxylic acid groups (broad SMARTS) is 1. The molecule has 1 aromatic rings. The van der Waals surface area contributed by atoms with Crippen LogP contribution >= 0.6 is 0 Å². The fraction of sp³-hybridized carbons (Fsp3) is 0.533. The molecule has 1 aliphatic heterocycles. The zero-order valence-corrected chi connectivity index (χ0v) is 11.3. The summed E-state index contributed by atoms with van der Waals surface area (Å²) in [5.74, 6) is -0.288. The summed E-state index contributed by atoms with van der Waals surface area (Å²) in [6, 6.07) is 6.67. The molecule has 0 amide bonds. The van der Waals surface area contributed by atoms with Gasteiger partial charge in [-0.05, 0) is 57.5 Å². The Hall–Kier alpha value is -1.55. The maximum Gasteiger partial charge on any atom is 0.335 e. The lowest BCUT2D eigenvalue weighted by Gasteiger charge is -2.19. The van der Waals surface area contributed by atoms with Gasteiger partial charge in [0, 0.05) is 6.54 Å². The monoisotopic (exact) mass is 263 g/mol. The van der Waals surface area contributed by atoms with E-state index in [0.29, 0.717) is 5.75 Å². The Morgan fingerprint density at radius 3 is 2.84 bits per heavy atom. The van der Waals surface area contributed by atoms with Crippen molar-refractivity contribution in [1.82, 2.24) is 4.90 Å². The van der Waals surface area contributed by atoms with Crippen LogP contribution in [0.5, 0.6) is 5.75 Å². The quantitative estimate of drug-likeness (QED) is 0.857. The van der Waals surface area contributed by atoms with Crippen molar-refractivity contribution in [3.63, 3.8) is 0 Å². The van der Waals surface area contributed by atoms with E-state index in [1.54, 1.807) is 24.3 Å². The molecule has 0 saturated carbocycles. The number of benzene rings is 1. The van der Waals surface area contributed by atoms with Crippen LogP contribution in [0.15, 0.2) is 24.3 Å². The van der Waals surface area contributed by atoms with E-state index in [4.69, 9.17) is 9.84 Å². The number of carboxylic acids is 1. The first-order valence-corrected chi connectivity index (χ1v) is 6.87. The molecule has 1 unspecified atom stereocenters. The Kier molecular flexibility index (Phi) is 4.80. The van der Waals surface area contributed by atoms with Gasteiger partial charge in [0.15, 0.2) is 0 Å². The van der Waals surface area contributed by atoms with Crippen LogP contribution < -0.4 is 4.74 Å². The molecule has 19 heavy (non-hydrogen) atoms. The molecule has 1 atom stereocenters. The van der Waals surface area contributed by atoms with Crippen molar-refractivity contribution >= 4 is 5.97 Å². The Labute approximate surface area is 114 Å². The minimum atomic E-state index is -0.921. The van der Waals surface area contributed by atoms with Crippen LogP contribution in [-0.2, 0) is 0 Å². The Bertz CT molecular complexity index is 427. The van der Waals surface area contributed by atoms with Crippen molar-refractivity contribution in [2.24, 2.45) is 0 Å². The van der Waals surface area contributed by atoms with Crippen LogP contribution in [0.4, 0.5) is 0 Å². The SMILES string of the molecule is CC(CCN1CCCC1)Oc1cccc(C(=O)O)c1. The molecule has 1 aromatic carbocycles. The number of carbonyl (C=O) groups is 1. The fourth-order valence-electron chi connectivity index (χ4n) is 2.36. The molecule has 0 bridgehead atoms. The average Bonchev–Trinajstić information content (AvgIpc) is 2.90. The van der Waals surface area contributed by atoms with Gasteiger partial charge in [-0.15, -0.1) is 0 Å². The highest BCUT2D eigenvalue weighted by atomic mass is 16.5. The van der Waals surface area contributed by atoms with Gasteiger partial charge in [-0.3, -0.25) is 0 Å². The summed E-state index contributed by atoms with van der Waals surface area (Å²) in [6.45, 7) is 5.48. The lowest BCUT2D eigenvalue weighted by atomic mass is 10.2. The van der Waals surface area contributed by atoms with Crippen LogP contribution in [0, 0.1) is 0 Å². The van der Waals surface area contributed by atoms with Gasteiger partial charge in [0.1, 0.15) is 5.75 Å². The molecule has 0 radical (unpaired) electrons. The predicted molar refractivity (Wildman–Crippen MR) is 73.8 cm³/mol. The third-order valence-electron chi connectivity index (χ3n) is 3.47. The third-order valence-corrected chi connectivity index (χ3v) is 3.47. The van der Waals surface area contributed by atoms with Crippen molar-refractivity contribution in [3.05, 3.63) is 29.8 Å². The number of hydrogen-bond donors (Lipinski definition) is 1. The molecule has 1 aliphatic rings. The number of nitrogens with zero attached hydrogens (tertiary/aromatic N) is 1. The van der Waals surface area contributed by atoms with Gasteiger partial charge in [-0.2, -0.15) is 0 Å². The lowest BCUT2D eigenvalue weighted by Crippen LogP contribution is -2.25. The summed E-state index contributed by atoms with van der Waals surface area (Å²) < 4.78 is 5.77. The number of ether oxygens (including phenoxy) is 1. The van der Waals surface area contributed by atoms with Crippen molar-refractivity contribution in [3.8, 4) is 5.75 Å². The van der Waals surface area contributed by atoms with Crippen LogP contribution in [0.3, 0.4) is 0 Å². The van der Waals surface area contributed by atoms with Gasteiger partial charge in [0.2, 0.25) is 0 Å². The fourth-order valence-corrected chi connectivity index (χ4v) is 2.36. The first-order valence-electron chi connectivity index (χ1n) is 6.87. The first-order chi connectivity index (χ1) is 9.15. The zero-order valence-electron chi connectivity index (χ0n) is 11.3. The number of aromatic carboxylic acids is 1. The minimum Gasteiger partial charge on any atom is -0.491 e. The summed E-state index contributed by atoms with van der Waals surface area (Å²) >= 11 is 0. The summed E-state index contributed by atoms with van der Waals surface area (Å²) in [5.41, 5.74) is 0.268. The van der Waals surface area contributed by atoms with Crippen LogP contribution in [0.25, 0.3) is 0 Å². The molecule has 1 fully saturated rings. The van der Waals surface area contributed by atoms with Gasteiger partial charge in [-0.25, -0.2) is 4.79 Å². The van der Waals surface area contributed by atoms with Gasteiger partial charge < -0.3 is 14.7 Å². The molecular formula is C15H21NO3. The van der Waals surface area contributed by atoms with Crippen LogP contribution in [0.1, 0.15) is 36.5 Å². The zero-order chi connectivity index (χ0) is 13.7. The standard InChI is InChI=1S/C15H21NO3/c1-12(7-10-16-8-2-3-9-16)19-14-6-4-5-13(11-14)15(17)18/h4-6,11-12H,2-3,7-10H2,1H3,(H,17,18). The van der Waals surface area contributed by atoms with Crippen molar-refractivity contribution < 1.29 is 14.6 Å². The summed E-state index contributed by atoms with van der Waals surface area (Å²) in [5, 5.41) is 8.93. The molecular weight excluding hydrogens is 242 g/mol. The number of likely N-dealkylation sites (tertiary alicyclic amines) is 1. The summed E-state index contributed by atoms with van der Waals surface area (Å²) in [4.78, 5) is 13.3. The van der Waals surface area contributed by atoms with Gasteiger partial charge in [0.05, 0.1) is 11.7 Å².